The second-order valence-electron chi connectivity index (χ2n) is 3.97. The van der Waals surface area contributed by atoms with Crippen LogP contribution >= 0.6 is 0 Å². The van der Waals surface area contributed by atoms with Crippen LogP contribution in [0, 0.1) is 0 Å². The lowest BCUT2D eigenvalue weighted by Gasteiger charge is -2.22. The van der Waals surface area contributed by atoms with Crippen LogP contribution in [0.15, 0.2) is 0 Å². The standard InChI is InChI=1S/C11H20N2O3/c1-3-12(9-11(15)16-2)8-10(14)13-6-4-5-7-13/h3-9H2,1-2H3. The van der Waals surface area contributed by atoms with Gasteiger partial charge in [0.25, 0.3) is 0 Å². The Morgan fingerprint density at radius 3 is 2.38 bits per heavy atom. The summed E-state index contributed by atoms with van der Waals surface area (Å²) in [5.41, 5.74) is 0. The summed E-state index contributed by atoms with van der Waals surface area (Å²) in [6, 6.07) is 0. The van der Waals surface area contributed by atoms with Crippen molar-refractivity contribution in [2.75, 3.05) is 39.8 Å². The molecule has 1 fully saturated rings. The number of rotatable bonds is 5. The van der Waals surface area contributed by atoms with Crippen molar-refractivity contribution >= 4 is 11.9 Å². The van der Waals surface area contributed by atoms with Crippen molar-refractivity contribution in [3.8, 4) is 0 Å². The van der Waals surface area contributed by atoms with Crippen molar-refractivity contribution in [3.63, 3.8) is 0 Å². The van der Waals surface area contributed by atoms with Gasteiger partial charge in [0.2, 0.25) is 5.91 Å². The van der Waals surface area contributed by atoms with Crippen molar-refractivity contribution in [2.45, 2.75) is 19.8 Å². The molecule has 5 heteroatoms. The number of amides is 1. The number of hydrogen-bond donors (Lipinski definition) is 0. The molecule has 1 heterocycles. The highest BCUT2D eigenvalue weighted by Crippen LogP contribution is 2.07. The first-order valence-corrected chi connectivity index (χ1v) is 5.74. The van der Waals surface area contributed by atoms with Crippen molar-refractivity contribution in [1.29, 1.82) is 0 Å². The van der Waals surface area contributed by atoms with Gasteiger partial charge >= 0.3 is 5.97 Å². The molecule has 0 spiro atoms. The van der Waals surface area contributed by atoms with Crippen LogP contribution in [0.1, 0.15) is 19.8 Å². The summed E-state index contributed by atoms with van der Waals surface area (Å²) in [5, 5.41) is 0. The van der Waals surface area contributed by atoms with E-state index in [-0.39, 0.29) is 18.4 Å². The first-order chi connectivity index (χ1) is 7.67. The maximum absolute atomic E-state index is 11.8. The highest BCUT2D eigenvalue weighted by atomic mass is 16.5. The van der Waals surface area contributed by atoms with Gasteiger partial charge in [-0.25, -0.2) is 0 Å². The highest BCUT2D eigenvalue weighted by Gasteiger charge is 2.20. The Kier molecular flexibility index (Phi) is 5.25. The van der Waals surface area contributed by atoms with Crippen LogP contribution in [-0.2, 0) is 14.3 Å². The number of carbonyl (C=O) groups excluding carboxylic acids is 2. The molecule has 1 aliphatic rings. The predicted molar refractivity (Wildman–Crippen MR) is 59.9 cm³/mol. The van der Waals surface area contributed by atoms with E-state index in [0.717, 1.165) is 25.9 Å². The zero-order valence-corrected chi connectivity index (χ0v) is 10.1. The number of carbonyl (C=O) groups is 2. The lowest BCUT2D eigenvalue weighted by Crippen LogP contribution is -2.41. The Morgan fingerprint density at radius 2 is 1.88 bits per heavy atom. The smallest absolute Gasteiger partial charge is 0.319 e. The minimum atomic E-state index is -0.295. The summed E-state index contributed by atoms with van der Waals surface area (Å²) in [4.78, 5) is 26.6. The summed E-state index contributed by atoms with van der Waals surface area (Å²) >= 11 is 0. The first-order valence-electron chi connectivity index (χ1n) is 5.74. The summed E-state index contributed by atoms with van der Waals surface area (Å²) in [5.74, 6) is -0.181. The molecule has 5 nitrogen and oxygen atoms in total. The quantitative estimate of drug-likeness (QED) is 0.626. The number of hydrogen-bond acceptors (Lipinski definition) is 4. The number of likely N-dealkylation sites (N-methyl/N-ethyl adjacent to an activating group) is 1. The third-order valence-corrected chi connectivity index (χ3v) is 2.85. The minimum Gasteiger partial charge on any atom is -0.468 e. The van der Waals surface area contributed by atoms with E-state index in [2.05, 4.69) is 4.74 Å². The van der Waals surface area contributed by atoms with Gasteiger partial charge in [0.1, 0.15) is 0 Å². The topological polar surface area (TPSA) is 49.9 Å². The molecular formula is C11H20N2O3. The largest absolute Gasteiger partial charge is 0.468 e. The molecule has 0 bridgehead atoms. The molecule has 0 radical (unpaired) electrons. The molecule has 0 N–H and O–H groups in total. The van der Waals surface area contributed by atoms with Crippen LogP contribution in [0.25, 0.3) is 0 Å². The number of methoxy groups -OCH3 is 1. The van der Waals surface area contributed by atoms with E-state index in [9.17, 15) is 9.59 Å². The Labute approximate surface area is 96.3 Å². The lowest BCUT2D eigenvalue weighted by atomic mass is 10.4. The molecule has 92 valence electrons. The highest BCUT2D eigenvalue weighted by molar-refractivity contribution is 5.79. The molecule has 1 saturated heterocycles. The van der Waals surface area contributed by atoms with Gasteiger partial charge in [-0.15, -0.1) is 0 Å². The Balaban J connectivity index is 2.36. The molecule has 16 heavy (non-hydrogen) atoms. The van der Waals surface area contributed by atoms with Gasteiger partial charge in [-0.2, -0.15) is 0 Å². The van der Waals surface area contributed by atoms with E-state index in [0.29, 0.717) is 13.1 Å². The summed E-state index contributed by atoms with van der Waals surface area (Å²) in [6.45, 7) is 4.82. The average Bonchev–Trinajstić information content (AvgIpc) is 2.81. The molecule has 0 saturated carbocycles. The van der Waals surface area contributed by atoms with Crippen LogP contribution in [0.2, 0.25) is 0 Å². The fourth-order valence-corrected chi connectivity index (χ4v) is 1.78. The second kappa shape index (κ2) is 6.48. The fraction of sp³-hybridized carbons (Fsp3) is 0.818. The van der Waals surface area contributed by atoms with Gasteiger partial charge in [-0.05, 0) is 19.4 Å². The molecule has 1 rings (SSSR count). The Bertz CT molecular complexity index is 250. The predicted octanol–water partition coefficient (Wildman–Crippen LogP) is 0.104. The molecular weight excluding hydrogens is 208 g/mol. The number of ether oxygens (including phenoxy) is 1. The third-order valence-electron chi connectivity index (χ3n) is 2.85. The van der Waals surface area contributed by atoms with Crippen molar-refractivity contribution < 1.29 is 14.3 Å². The first kappa shape index (κ1) is 13.0. The number of nitrogens with zero attached hydrogens (tertiary/aromatic N) is 2. The van der Waals surface area contributed by atoms with Crippen LogP contribution < -0.4 is 0 Å². The minimum absolute atomic E-state index is 0.114. The Morgan fingerprint density at radius 1 is 1.25 bits per heavy atom. The summed E-state index contributed by atoms with van der Waals surface area (Å²) < 4.78 is 4.58. The average molecular weight is 228 g/mol. The van der Waals surface area contributed by atoms with Crippen molar-refractivity contribution in [1.82, 2.24) is 9.80 Å². The van der Waals surface area contributed by atoms with Crippen LogP contribution in [0.4, 0.5) is 0 Å². The van der Waals surface area contributed by atoms with E-state index in [1.54, 1.807) is 4.90 Å². The normalized spacial score (nSPS) is 15.6. The lowest BCUT2D eigenvalue weighted by molar-refractivity contribution is -0.142. The van der Waals surface area contributed by atoms with Gasteiger partial charge in [0, 0.05) is 13.1 Å². The van der Waals surface area contributed by atoms with Crippen LogP contribution in [-0.4, -0.2) is 61.5 Å². The number of esters is 1. The number of likely N-dealkylation sites (tertiary alicyclic amines) is 1. The zero-order valence-electron chi connectivity index (χ0n) is 10.1. The van der Waals surface area contributed by atoms with E-state index in [4.69, 9.17) is 0 Å². The molecule has 0 aromatic carbocycles. The van der Waals surface area contributed by atoms with E-state index >= 15 is 0 Å². The van der Waals surface area contributed by atoms with Gasteiger partial charge in [0.15, 0.2) is 0 Å². The maximum atomic E-state index is 11.8. The van der Waals surface area contributed by atoms with E-state index in [1.165, 1.54) is 7.11 Å². The van der Waals surface area contributed by atoms with Crippen LogP contribution in [0.3, 0.4) is 0 Å². The monoisotopic (exact) mass is 228 g/mol. The van der Waals surface area contributed by atoms with Crippen LogP contribution in [0.5, 0.6) is 0 Å². The molecule has 0 aromatic heterocycles. The van der Waals surface area contributed by atoms with Gasteiger partial charge in [-0.3, -0.25) is 14.5 Å². The van der Waals surface area contributed by atoms with Gasteiger partial charge < -0.3 is 9.64 Å². The maximum Gasteiger partial charge on any atom is 0.319 e. The van der Waals surface area contributed by atoms with Gasteiger partial charge in [-0.1, -0.05) is 6.92 Å². The van der Waals surface area contributed by atoms with Gasteiger partial charge in [0.05, 0.1) is 20.2 Å². The molecule has 1 aliphatic heterocycles. The molecule has 0 aliphatic carbocycles. The second-order valence-corrected chi connectivity index (χ2v) is 3.97. The molecule has 0 unspecified atom stereocenters. The SMILES string of the molecule is CCN(CC(=O)OC)CC(=O)N1CCCC1. The van der Waals surface area contributed by atoms with E-state index in [1.807, 2.05) is 11.8 Å². The third kappa shape index (κ3) is 3.81. The van der Waals surface area contributed by atoms with E-state index < -0.39 is 0 Å². The Hall–Kier alpha value is -1.10. The van der Waals surface area contributed by atoms with Crippen molar-refractivity contribution in [3.05, 3.63) is 0 Å². The zero-order chi connectivity index (χ0) is 12.0. The van der Waals surface area contributed by atoms with Crippen molar-refractivity contribution in [2.24, 2.45) is 0 Å². The molecule has 0 atom stereocenters. The fourth-order valence-electron chi connectivity index (χ4n) is 1.78. The summed E-state index contributed by atoms with van der Waals surface area (Å²) in [6.07, 6.45) is 2.18. The molecule has 1 amide bonds. The summed E-state index contributed by atoms with van der Waals surface area (Å²) in [7, 11) is 1.36. The molecule has 0 aromatic rings.